The number of anilines is 1. The molecule has 7 heteroatoms. The van der Waals surface area contributed by atoms with Crippen LogP contribution in [0.15, 0.2) is 29.2 Å². The minimum absolute atomic E-state index is 0.101. The van der Waals surface area contributed by atoms with Gasteiger partial charge in [-0.1, -0.05) is 0 Å². The lowest BCUT2D eigenvalue weighted by Gasteiger charge is -2.10. The summed E-state index contributed by atoms with van der Waals surface area (Å²) in [7, 11) is 1.64. The highest BCUT2D eigenvalue weighted by Crippen LogP contribution is 2.38. The van der Waals surface area contributed by atoms with Crippen LogP contribution in [0.25, 0.3) is 10.9 Å². The number of methoxy groups -OCH3 is 1. The number of hydrogen-bond donors (Lipinski definition) is 1. The van der Waals surface area contributed by atoms with Crippen LogP contribution in [0, 0.1) is 18.3 Å². The van der Waals surface area contributed by atoms with E-state index in [4.69, 9.17) is 4.74 Å². The van der Waals surface area contributed by atoms with Gasteiger partial charge in [0.1, 0.15) is 16.8 Å². The second kappa shape index (κ2) is 8.44. The van der Waals surface area contributed by atoms with Gasteiger partial charge in [0.15, 0.2) is 0 Å². The Morgan fingerprint density at radius 3 is 2.97 bits per heavy atom. The molecule has 148 valence electrons. The Kier molecular flexibility index (Phi) is 5.74. The third-order valence-corrected chi connectivity index (χ3v) is 7.26. The molecule has 1 aliphatic carbocycles. The quantitative estimate of drug-likeness (QED) is 0.578. The number of hydrogen-bond acceptors (Lipinski definition) is 6. The van der Waals surface area contributed by atoms with Crippen LogP contribution in [0.2, 0.25) is 0 Å². The molecule has 0 aliphatic heterocycles. The number of fused-ring (bicyclic) bond motifs is 2. The van der Waals surface area contributed by atoms with Crippen LogP contribution in [0.4, 0.5) is 5.00 Å². The first-order valence-electron chi connectivity index (χ1n) is 9.51. The van der Waals surface area contributed by atoms with Crippen molar-refractivity contribution >= 4 is 44.9 Å². The normalized spacial score (nSPS) is 13.0. The molecule has 0 bridgehead atoms. The Morgan fingerprint density at radius 1 is 1.34 bits per heavy atom. The van der Waals surface area contributed by atoms with E-state index in [1.807, 2.05) is 31.2 Å². The molecule has 0 saturated heterocycles. The van der Waals surface area contributed by atoms with Crippen molar-refractivity contribution < 1.29 is 9.53 Å². The highest BCUT2D eigenvalue weighted by molar-refractivity contribution is 8.00. The number of nitrogens with one attached hydrogen (secondary N) is 1. The Hall–Kier alpha value is -2.56. The second-order valence-corrected chi connectivity index (χ2v) is 9.13. The molecule has 3 aromatic rings. The van der Waals surface area contributed by atoms with Gasteiger partial charge in [-0.2, -0.15) is 5.26 Å². The summed E-state index contributed by atoms with van der Waals surface area (Å²) in [5.41, 5.74) is 3.57. The number of rotatable bonds is 5. The number of thioether (sulfide) groups is 1. The van der Waals surface area contributed by atoms with Crippen molar-refractivity contribution in [2.75, 3.05) is 18.2 Å². The maximum absolute atomic E-state index is 12.6. The number of benzene rings is 1. The lowest BCUT2D eigenvalue weighted by atomic mass is 9.96. The number of nitrogens with zero attached hydrogens (tertiary/aromatic N) is 2. The van der Waals surface area contributed by atoms with Gasteiger partial charge in [-0.3, -0.25) is 9.78 Å². The standard InChI is InChI=1S/C22H21N3O2S2/c1-13-9-20(16-10-14(27-2)7-8-18(16)24-13)28-12-21(26)25-22-17(11-23)15-5-3-4-6-19(15)29-22/h7-10H,3-6,12H2,1-2H3,(H,25,26). The van der Waals surface area contributed by atoms with Gasteiger partial charge in [0.2, 0.25) is 5.91 Å². The van der Waals surface area contributed by atoms with Gasteiger partial charge >= 0.3 is 0 Å². The van der Waals surface area contributed by atoms with Crippen LogP contribution in [0.1, 0.15) is 34.5 Å². The first-order chi connectivity index (χ1) is 14.1. The highest BCUT2D eigenvalue weighted by atomic mass is 32.2. The van der Waals surface area contributed by atoms with E-state index in [9.17, 15) is 10.1 Å². The maximum atomic E-state index is 12.6. The molecule has 29 heavy (non-hydrogen) atoms. The molecule has 1 N–H and O–H groups in total. The maximum Gasteiger partial charge on any atom is 0.235 e. The van der Waals surface area contributed by atoms with Crippen molar-refractivity contribution in [2.24, 2.45) is 0 Å². The van der Waals surface area contributed by atoms with Gasteiger partial charge in [-0.25, -0.2) is 0 Å². The Morgan fingerprint density at radius 2 is 2.17 bits per heavy atom. The molecule has 1 aromatic carbocycles. The van der Waals surface area contributed by atoms with E-state index in [2.05, 4.69) is 16.4 Å². The number of pyridine rings is 1. The predicted molar refractivity (Wildman–Crippen MR) is 118 cm³/mol. The van der Waals surface area contributed by atoms with E-state index >= 15 is 0 Å². The first kappa shape index (κ1) is 19.7. The monoisotopic (exact) mass is 423 g/mol. The van der Waals surface area contributed by atoms with Crippen LogP contribution < -0.4 is 10.1 Å². The number of aryl methyl sites for hydroxylation is 2. The van der Waals surface area contributed by atoms with Gasteiger partial charge in [0.25, 0.3) is 0 Å². The minimum Gasteiger partial charge on any atom is -0.497 e. The summed E-state index contributed by atoms with van der Waals surface area (Å²) in [5, 5.41) is 14.2. The molecule has 1 amide bonds. The molecule has 4 rings (SSSR count). The molecule has 2 aromatic heterocycles. The van der Waals surface area contributed by atoms with Gasteiger partial charge in [-0.15, -0.1) is 23.1 Å². The summed E-state index contributed by atoms with van der Waals surface area (Å²) < 4.78 is 5.33. The van der Waals surface area contributed by atoms with E-state index in [1.165, 1.54) is 16.6 Å². The zero-order valence-corrected chi connectivity index (χ0v) is 18.0. The summed E-state index contributed by atoms with van der Waals surface area (Å²) >= 11 is 3.03. The van der Waals surface area contributed by atoms with Gasteiger partial charge in [0, 0.05) is 20.9 Å². The topological polar surface area (TPSA) is 75.0 Å². The largest absolute Gasteiger partial charge is 0.497 e. The van der Waals surface area contributed by atoms with Crippen molar-refractivity contribution in [3.05, 3.63) is 46.0 Å². The fourth-order valence-electron chi connectivity index (χ4n) is 3.62. The van der Waals surface area contributed by atoms with E-state index in [-0.39, 0.29) is 11.7 Å². The molecule has 0 radical (unpaired) electrons. The predicted octanol–water partition coefficient (Wildman–Crippen LogP) is 5.09. The van der Waals surface area contributed by atoms with Crippen LogP contribution in [0.3, 0.4) is 0 Å². The summed E-state index contributed by atoms with van der Waals surface area (Å²) in [4.78, 5) is 19.4. The minimum atomic E-state index is -0.101. The van der Waals surface area contributed by atoms with Gasteiger partial charge in [-0.05, 0) is 62.4 Å². The Labute approximate surface area is 178 Å². The summed E-state index contributed by atoms with van der Waals surface area (Å²) in [6, 6.07) is 10.0. The summed E-state index contributed by atoms with van der Waals surface area (Å²) in [6.45, 7) is 1.95. The molecular formula is C22H21N3O2S2. The highest BCUT2D eigenvalue weighted by Gasteiger charge is 2.22. The number of nitriles is 1. The molecule has 2 heterocycles. The Balaban J connectivity index is 1.52. The van der Waals surface area contributed by atoms with Crippen LogP contribution in [0.5, 0.6) is 5.75 Å². The van der Waals surface area contributed by atoms with Crippen molar-refractivity contribution in [2.45, 2.75) is 37.5 Å². The van der Waals surface area contributed by atoms with Crippen LogP contribution in [-0.2, 0) is 17.6 Å². The van der Waals surface area contributed by atoms with E-state index in [0.717, 1.165) is 58.5 Å². The lowest BCUT2D eigenvalue weighted by Crippen LogP contribution is -2.14. The van der Waals surface area contributed by atoms with Crippen molar-refractivity contribution in [3.63, 3.8) is 0 Å². The van der Waals surface area contributed by atoms with Crippen LogP contribution in [-0.4, -0.2) is 23.8 Å². The smallest absolute Gasteiger partial charge is 0.235 e. The summed E-state index contributed by atoms with van der Waals surface area (Å²) in [6.07, 6.45) is 4.20. The molecule has 5 nitrogen and oxygen atoms in total. The number of aromatic nitrogens is 1. The van der Waals surface area contributed by atoms with Crippen molar-refractivity contribution in [1.82, 2.24) is 4.98 Å². The molecule has 0 saturated carbocycles. The van der Waals surface area contributed by atoms with Crippen LogP contribution >= 0.6 is 23.1 Å². The fraction of sp³-hybridized carbons (Fsp3) is 0.318. The number of ether oxygens (including phenoxy) is 1. The number of carbonyl (C=O) groups excluding carboxylic acids is 1. The SMILES string of the molecule is COc1ccc2nc(C)cc(SCC(=O)Nc3sc4c(c3C#N)CCCC4)c2c1. The van der Waals surface area contributed by atoms with Crippen molar-refractivity contribution in [1.29, 1.82) is 5.26 Å². The second-order valence-electron chi connectivity index (χ2n) is 7.01. The van der Waals surface area contributed by atoms with Gasteiger partial charge < -0.3 is 10.1 Å². The molecule has 0 unspecified atom stereocenters. The average Bonchev–Trinajstić information content (AvgIpc) is 3.08. The van der Waals surface area contributed by atoms with E-state index < -0.39 is 0 Å². The Bertz CT molecular complexity index is 1130. The van der Waals surface area contributed by atoms with E-state index in [0.29, 0.717) is 10.6 Å². The number of carbonyl (C=O) groups is 1. The third-order valence-electron chi connectivity index (χ3n) is 5.00. The fourth-order valence-corrected chi connectivity index (χ4v) is 5.81. The number of thiophene rings is 1. The molecule has 0 fully saturated rings. The zero-order chi connectivity index (χ0) is 20.4. The van der Waals surface area contributed by atoms with Gasteiger partial charge in [0.05, 0.1) is 23.9 Å². The van der Waals surface area contributed by atoms with E-state index in [1.54, 1.807) is 18.4 Å². The number of amides is 1. The zero-order valence-electron chi connectivity index (χ0n) is 16.4. The first-order valence-corrected chi connectivity index (χ1v) is 11.3. The average molecular weight is 424 g/mol. The summed E-state index contributed by atoms with van der Waals surface area (Å²) in [5.74, 6) is 0.927. The molecule has 0 atom stereocenters. The molecular weight excluding hydrogens is 402 g/mol. The molecule has 0 spiro atoms. The van der Waals surface area contributed by atoms with Crippen molar-refractivity contribution in [3.8, 4) is 11.8 Å². The lowest BCUT2D eigenvalue weighted by molar-refractivity contribution is -0.113. The molecule has 1 aliphatic rings. The third kappa shape index (κ3) is 4.09.